The summed E-state index contributed by atoms with van der Waals surface area (Å²) in [6, 6.07) is 0. The van der Waals surface area contributed by atoms with Crippen LogP contribution in [0.2, 0.25) is 0 Å². The Morgan fingerprint density at radius 1 is 1.11 bits per heavy atom. The summed E-state index contributed by atoms with van der Waals surface area (Å²) in [5.74, 6) is 0. The minimum absolute atomic E-state index is 0.256. The largest absolute Gasteiger partial charge is 0.385 e. The van der Waals surface area contributed by atoms with Gasteiger partial charge in [0.1, 0.15) is 0 Å². The van der Waals surface area contributed by atoms with Crippen molar-refractivity contribution in [2.75, 3.05) is 53.6 Å². The number of nitrogens with zero attached hydrogens (tertiary/aromatic N) is 1. The van der Waals surface area contributed by atoms with Gasteiger partial charge in [0, 0.05) is 33.9 Å². The molecule has 1 aliphatic heterocycles. The zero-order valence-corrected chi connectivity index (χ0v) is 12.7. The normalized spacial score (nSPS) is 18.1. The van der Waals surface area contributed by atoms with Crippen LogP contribution in [0, 0.1) is 0 Å². The van der Waals surface area contributed by atoms with Crippen molar-refractivity contribution in [3.8, 4) is 0 Å². The lowest BCUT2D eigenvalue weighted by Gasteiger charge is -2.29. The van der Waals surface area contributed by atoms with Gasteiger partial charge in [-0.1, -0.05) is 0 Å². The van der Waals surface area contributed by atoms with E-state index in [1.165, 1.54) is 0 Å². The second-order valence-electron chi connectivity index (χ2n) is 4.73. The molecule has 0 aromatic carbocycles. The zero-order chi connectivity index (χ0) is 14.1. The van der Waals surface area contributed by atoms with E-state index in [9.17, 15) is 8.42 Å². The molecule has 114 valence electrons. The number of ether oxygens (including phenoxy) is 2. The predicted octanol–water partition coefficient (Wildman–Crippen LogP) is 0.0531. The van der Waals surface area contributed by atoms with E-state index in [-0.39, 0.29) is 5.25 Å². The Balaban J connectivity index is 2.63. The van der Waals surface area contributed by atoms with Gasteiger partial charge in [-0.25, -0.2) is 8.42 Å². The predicted molar refractivity (Wildman–Crippen MR) is 74.8 cm³/mol. The summed E-state index contributed by atoms with van der Waals surface area (Å²) < 4.78 is 36.7. The van der Waals surface area contributed by atoms with Crippen LogP contribution in [0.1, 0.15) is 19.3 Å². The van der Waals surface area contributed by atoms with Crippen LogP contribution >= 0.6 is 0 Å². The molecule has 0 radical (unpaired) electrons. The van der Waals surface area contributed by atoms with Crippen LogP contribution in [-0.2, 0) is 19.5 Å². The third-order valence-corrected chi connectivity index (χ3v) is 5.77. The fourth-order valence-corrected chi connectivity index (χ4v) is 4.21. The smallest absolute Gasteiger partial charge is 0.217 e. The van der Waals surface area contributed by atoms with Gasteiger partial charge in [-0.2, -0.15) is 4.31 Å². The quantitative estimate of drug-likeness (QED) is 0.609. The zero-order valence-electron chi connectivity index (χ0n) is 11.9. The third kappa shape index (κ3) is 5.35. The Labute approximate surface area is 116 Å². The van der Waals surface area contributed by atoms with Crippen molar-refractivity contribution in [1.29, 1.82) is 0 Å². The maximum absolute atomic E-state index is 12.6. The molecule has 0 unspecified atom stereocenters. The Hall–Kier alpha value is -0.210. The van der Waals surface area contributed by atoms with E-state index >= 15 is 0 Å². The molecule has 7 heteroatoms. The highest BCUT2D eigenvalue weighted by Crippen LogP contribution is 2.18. The second-order valence-corrected chi connectivity index (χ2v) is 6.95. The van der Waals surface area contributed by atoms with E-state index < -0.39 is 10.0 Å². The van der Waals surface area contributed by atoms with Crippen molar-refractivity contribution < 1.29 is 17.9 Å². The van der Waals surface area contributed by atoms with Crippen LogP contribution < -0.4 is 5.32 Å². The first kappa shape index (κ1) is 16.8. The van der Waals surface area contributed by atoms with Crippen molar-refractivity contribution in [1.82, 2.24) is 9.62 Å². The first-order chi connectivity index (χ1) is 9.12. The molecule has 1 heterocycles. The van der Waals surface area contributed by atoms with Crippen LogP contribution in [0.25, 0.3) is 0 Å². The number of rotatable bonds is 9. The van der Waals surface area contributed by atoms with Gasteiger partial charge in [0.2, 0.25) is 10.0 Å². The monoisotopic (exact) mass is 294 g/mol. The molecule has 0 aromatic rings. The van der Waals surface area contributed by atoms with Crippen LogP contribution in [0.3, 0.4) is 0 Å². The van der Waals surface area contributed by atoms with Crippen molar-refractivity contribution in [2.45, 2.75) is 24.5 Å². The first-order valence-corrected chi connectivity index (χ1v) is 8.30. The minimum atomic E-state index is -3.22. The molecule has 0 saturated carbocycles. The van der Waals surface area contributed by atoms with Gasteiger partial charge in [-0.05, 0) is 32.4 Å². The van der Waals surface area contributed by atoms with Crippen molar-refractivity contribution in [2.24, 2.45) is 0 Å². The maximum atomic E-state index is 12.6. The number of hydrogen-bond donors (Lipinski definition) is 1. The lowest BCUT2D eigenvalue weighted by Crippen LogP contribution is -2.45. The summed E-state index contributed by atoms with van der Waals surface area (Å²) >= 11 is 0. The van der Waals surface area contributed by atoms with Crippen LogP contribution in [-0.4, -0.2) is 71.6 Å². The molecular formula is C12H26N2O4S. The molecule has 1 fully saturated rings. The van der Waals surface area contributed by atoms with Crippen molar-refractivity contribution in [3.05, 3.63) is 0 Å². The number of nitrogens with one attached hydrogen (secondary N) is 1. The number of piperidine rings is 1. The maximum Gasteiger partial charge on any atom is 0.217 e. The van der Waals surface area contributed by atoms with E-state index in [4.69, 9.17) is 9.47 Å². The van der Waals surface area contributed by atoms with E-state index in [0.717, 1.165) is 13.1 Å². The molecule has 1 rings (SSSR count). The molecule has 1 aliphatic rings. The molecule has 1 saturated heterocycles. The van der Waals surface area contributed by atoms with Gasteiger partial charge >= 0.3 is 0 Å². The molecule has 6 nitrogen and oxygen atoms in total. The van der Waals surface area contributed by atoms with E-state index in [2.05, 4.69) is 5.32 Å². The summed E-state index contributed by atoms with van der Waals surface area (Å²) in [5, 5.41) is 2.94. The third-order valence-electron chi connectivity index (χ3n) is 3.37. The van der Waals surface area contributed by atoms with Crippen LogP contribution in [0.5, 0.6) is 0 Å². The highest BCUT2D eigenvalue weighted by atomic mass is 32.2. The number of methoxy groups -OCH3 is 2. The molecule has 0 bridgehead atoms. The van der Waals surface area contributed by atoms with Gasteiger partial charge in [0.15, 0.2) is 0 Å². The van der Waals surface area contributed by atoms with Crippen LogP contribution in [0.15, 0.2) is 0 Å². The molecule has 0 aliphatic carbocycles. The summed E-state index contributed by atoms with van der Waals surface area (Å²) in [4.78, 5) is 0. The standard InChI is InChI=1S/C12H26N2O4S/c1-17-10-3-8-14(9-11-18-2)19(15,16)12-4-6-13-7-5-12/h12-13H,3-11H2,1-2H3. The SMILES string of the molecule is COCCCN(CCOC)S(=O)(=O)C1CCNCC1. The first-order valence-electron chi connectivity index (χ1n) is 6.80. The Morgan fingerprint density at radius 2 is 1.74 bits per heavy atom. The van der Waals surface area contributed by atoms with Crippen molar-refractivity contribution in [3.63, 3.8) is 0 Å². The Bertz CT molecular complexity index is 329. The second kappa shape index (κ2) is 8.86. The minimum Gasteiger partial charge on any atom is -0.385 e. The fourth-order valence-electron chi connectivity index (χ4n) is 2.25. The average molecular weight is 294 g/mol. The molecule has 0 amide bonds. The van der Waals surface area contributed by atoms with Gasteiger partial charge in [0.05, 0.1) is 11.9 Å². The lowest BCUT2D eigenvalue weighted by atomic mass is 10.2. The highest BCUT2D eigenvalue weighted by molar-refractivity contribution is 7.89. The summed E-state index contributed by atoms with van der Waals surface area (Å²) in [7, 11) is -0.00548. The van der Waals surface area contributed by atoms with Gasteiger partial charge in [-0.15, -0.1) is 0 Å². The van der Waals surface area contributed by atoms with Crippen molar-refractivity contribution >= 4 is 10.0 Å². The highest BCUT2D eigenvalue weighted by Gasteiger charge is 2.32. The Kier molecular flexibility index (Phi) is 7.86. The summed E-state index contributed by atoms with van der Waals surface area (Å²) in [6.45, 7) is 3.48. The molecule has 0 spiro atoms. The topological polar surface area (TPSA) is 67.9 Å². The van der Waals surface area contributed by atoms with Gasteiger partial charge < -0.3 is 14.8 Å². The van der Waals surface area contributed by atoms with E-state index in [0.29, 0.717) is 45.6 Å². The molecule has 0 aromatic heterocycles. The van der Waals surface area contributed by atoms with Gasteiger partial charge in [-0.3, -0.25) is 0 Å². The number of sulfonamides is 1. The van der Waals surface area contributed by atoms with E-state index in [1.54, 1.807) is 18.5 Å². The van der Waals surface area contributed by atoms with E-state index in [1.807, 2.05) is 0 Å². The summed E-state index contributed by atoms with van der Waals surface area (Å²) in [5.41, 5.74) is 0. The lowest BCUT2D eigenvalue weighted by molar-refractivity contribution is 0.163. The molecule has 1 N–H and O–H groups in total. The number of hydrogen-bond acceptors (Lipinski definition) is 5. The molecule has 0 atom stereocenters. The summed E-state index contributed by atoms with van der Waals surface area (Å²) in [6.07, 6.45) is 2.09. The Morgan fingerprint density at radius 3 is 2.32 bits per heavy atom. The fraction of sp³-hybridized carbons (Fsp3) is 1.00. The molecule has 19 heavy (non-hydrogen) atoms. The molecular weight excluding hydrogens is 268 g/mol. The van der Waals surface area contributed by atoms with Crippen LogP contribution in [0.4, 0.5) is 0 Å². The average Bonchev–Trinajstić information content (AvgIpc) is 2.43. The van der Waals surface area contributed by atoms with Gasteiger partial charge in [0.25, 0.3) is 0 Å².